The predicted molar refractivity (Wildman–Crippen MR) is 126 cm³/mol. The molecular weight excluding hydrogens is 458 g/mol. The number of aliphatic hydroxyl groups is 1. The number of anilines is 3. The first-order chi connectivity index (χ1) is 16.5. The molecule has 2 aliphatic rings. The molecule has 1 saturated heterocycles. The molecular formula is C23H24ClN7O3. The Morgan fingerprint density at radius 1 is 1.38 bits per heavy atom. The van der Waals surface area contributed by atoms with Crippen molar-refractivity contribution < 1.29 is 14.6 Å². The lowest BCUT2D eigenvalue weighted by atomic mass is 9.83. The molecule has 1 aromatic carbocycles. The normalized spacial score (nSPS) is 21.5. The van der Waals surface area contributed by atoms with Gasteiger partial charge in [0.25, 0.3) is 0 Å². The highest BCUT2D eigenvalue weighted by Gasteiger charge is 2.36. The van der Waals surface area contributed by atoms with Gasteiger partial charge in [0, 0.05) is 29.8 Å². The molecule has 0 radical (unpaired) electrons. The number of rotatable bonds is 6. The van der Waals surface area contributed by atoms with Crippen LogP contribution < -0.4 is 10.6 Å². The van der Waals surface area contributed by atoms with E-state index in [1.807, 2.05) is 13.0 Å². The van der Waals surface area contributed by atoms with Crippen molar-refractivity contribution in [1.29, 1.82) is 5.26 Å². The van der Waals surface area contributed by atoms with Gasteiger partial charge in [0.2, 0.25) is 5.95 Å². The smallest absolute Gasteiger partial charge is 0.228 e. The lowest BCUT2D eigenvalue weighted by Gasteiger charge is -2.23. The van der Waals surface area contributed by atoms with Crippen molar-refractivity contribution in [2.75, 3.05) is 43.6 Å². The average Bonchev–Trinajstić information content (AvgIpc) is 3.38. The van der Waals surface area contributed by atoms with Gasteiger partial charge in [0.15, 0.2) is 5.15 Å². The fraction of sp³-hybridized carbons (Fsp3) is 0.391. The first-order valence-corrected chi connectivity index (χ1v) is 11.3. The summed E-state index contributed by atoms with van der Waals surface area (Å²) in [5, 5.41) is 30.8. The molecule has 5 rings (SSSR count). The van der Waals surface area contributed by atoms with Crippen LogP contribution in [0.4, 0.5) is 17.5 Å². The summed E-state index contributed by atoms with van der Waals surface area (Å²) >= 11 is 6.16. The van der Waals surface area contributed by atoms with Crippen molar-refractivity contribution in [3.63, 3.8) is 0 Å². The maximum Gasteiger partial charge on any atom is 0.228 e. The molecule has 0 amide bonds. The van der Waals surface area contributed by atoms with E-state index in [-0.39, 0.29) is 12.7 Å². The van der Waals surface area contributed by atoms with Gasteiger partial charge in [-0.15, -0.1) is 0 Å². The van der Waals surface area contributed by atoms with Crippen molar-refractivity contribution in [1.82, 2.24) is 19.7 Å². The fourth-order valence-corrected chi connectivity index (χ4v) is 4.41. The van der Waals surface area contributed by atoms with Gasteiger partial charge < -0.3 is 25.2 Å². The molecule has 4 heterocycles. The lowest BCUT2D eigenvalue weighted by molar-refractivity contribution is -0.0944. The summed E-state index contributed by atoms with van der Waals surface area (Å²) in [5.41, 5.74) is 3.12. The second-order valence-corrected chi connectivity index (χ2v) is 9.01. The van der Waals surface area contributed by atoms with Crippen molar-refractivity contribution >= 4 is 29.1 Å². The van der Waals surface area contributed by atoms with Crippen LogP contribution in [0.5, 0.6) is 0 Å². The molecule has 2 atom stereocenters. The number of hydrogen-bond acceptors (Lipinski definition) is 9. The van der Waals surface area contributed by atoms with Crippen LogP contribution in [0.25, 0.3) is 11.3 Å². The number of benzene rings is 1. The van der Waals surface area contributed by atoms with Crippen LogP contribution in [0.15, 0.2) is 30.5 Å². The third kappa shape index (κ3) is 4.31. The summed E-state index contributed by atoms with van der Waals surface area (Å²) in [4.78, 5) is 8.99. The SMILES string of the molecule is C[C@]1(CO)CNc2c(C#N)cc(-c3ccnc(Nc4cc(Cl)nn4C[C@@H]4COCCO4)n3)cc21. The second-order valence-electron chi connectivity index (χ2n) is 8.62. The highest BCUT2D eigenvalue weighted by Crippen LogP contribution is 2.41. The van der Waals surface area contributed by atoms with E-state index >= 15 is 0 Å². The third-order valence-corrected chi connectivity index (χ3v) is 6.30. The van der Waals surface area contributed by atoms with Crippen LogP contribution in [-0.4, -0.2) is 63.9 Å². The maximum atomic E-state index is 9.96. The van der Waals surface area contributed by atoms with Crippen molar-refractivity contribution in [3.05, 3.63) is 46.7 Å². The molecule has 10 nitrogen and oxygen atoms in total. The molecule has 176 valence electrons. The molecule has 3 N–H and O–H groups in total. The number of aliphatic hydroxyl groups excluding tert-OH is 1. The molecule has 0 saturated carbocycles. The van der Waals surface area contributed by atoms with E-state index in [0.717, 1.165) is 16.8 Å². The third-order valence-electron chi connectivity index (χ3n) is 6.12. The number of nitriles is 1. The molecule has 3 aromatic rings. The zero-order chi connectivity index (χ0) is 23.7. The Hall–Kier alpha value is -3.23. The van der Waals surface area contributed by atoms with Crippen LogP contribution in [0.2, 0.25) is 5.15 Å². The van der Waals surface area contributed by atoms with E-state index in [4.69, 9.17) is 21.1 Å². The van der Waals surface area contributed by atoms with E-state index < -0.39 is 5.41 Å². The van der Waals surface area contributed by atoms with Crippen LogP contribution in [0, 0.1) is 11.3 Å². The van der Waals surface area contributed by atoms with Gasteiger partial charge in [-0.1, -0.05) is 18.5 Å². The molecule has 0 aliphatic carbocycles. The number of nitrogens with one attached hydrogen (secondary N) is 2. The molecule has 0 unspecified atom stereocenters. The van der Waals surface area contributed by atoms with E-state index in [1.165, 1.54) is 0 Å². The van der Waals surface area contributed by atoms with Gasteiger partial charge in [-0.25, -0.2) is 14.6 Å². The monoisotopic (exact) mass is 481 g/mol. The Kier molecular flexibility index (Phi) is 6.10. The number of fused-ring (bicyclic) bond motifs is 1. The van der Waals surface area contributed by atoms with Crippen LogP contribution in [0.3, 0.4) is 0 Å². The van der Waals surface area contributed by atoms with Gasteiger partial charge in [-0.2, -0.15) is 10.4 Å². The van der Waals surface area contributed by atoms with Gasteiger partial charge >= 0.3 is 0 Å². The standard InChI is InChI=1S/C23H24ClN7O3/c1-23(13-32)12-27-21-15(9-25)6-14(7-17(21)23)18-2-3-26-22(28-18)29-20-8-19(24)30-31(20)10-16-11-33-4-5-34-16/h2-3,6-8,16,27,32H,4-5,10-13H2,1H3,(H,26,28,29)/t16-,23-/m1/s1. The number of hydrogen-bond donors (Lipinski definition) is 3. The maximum absolute atomic E-state index is 9.96. The molecule has 0 spiro atoms. The molecule has 0 bridgehead atoms. The molecule has 34 heavy (non-hydrogen) atoms. The van der Waals surface area contributed by atoms with Gasteiger partial charge in [0.1, 0.15) is 18.0 Å². The molecule has 1 fully saturated rings. The lowest BCUT2D eigenvalue weighted by Crippen LogP contribution is -2.32. The van der Waals surface area contributed by atoms with E-state index in [9.17, 15) is 10.4 Å². The highest BCUT2D eigenvalue weighted by molar-refractivity contribution is 6.29. The van der Waals surface area contributed by atoms with Crippen molar-refractivity contribution in [2.24, 2.45) is 0 Å². The van der Waals surface area contributed by atoms with Gasteiger partial charge in [-0.3, -0.25) is 0 Å². The zero-order valence-electron chi connectivity index (χ0n) is 18.6. The Labute approximate surface area is 201 Å². The van der Waals surface area contributed by atoms with Crippen LogP contribution in [0.1, 0.15) is 18.1 Å². The quantitative estimate of drug-likeness (QED) is 0.486. The minimum atomic E-state index is -0.473. The first kappa shape index (κ1) is 22.6. The second kappa shape index (κ2) is 9.19. The van der Waals surface area contributed by atoms with E-state index in [2.05, 4.69) is 31.8 Å². The van der Waals surface area contributed by atoms with Gasteiger partial charge in [0.05, 0.1) is 49.9 Å². The summed E-state index contributed by atoms with van der Waals surface area (Å²) in [7, 11) is 0. The minimum absolute atomic E-state index is 0.0294. The Morgan fingerprint density at radius 2 is 2.26 bits per heavy atom. The van der Waals surface area contributed by atoms with Crippen LogP contribution in [-0.2, 0) is 21.4 Å². The Bertz CT molecular complexity index is 1250. The number of ether oxygens (including phenoxy) is 2. The van der Waals surface area contributed by atoms with E-state index in [1.54, 1.807) is 29.1 Å². The summed E-state index contributed by atoms with van der Waals surface area (Å²) in [5.74, 6) is 0.984. The average molecular weight is 482 g/mol. The van der Waals surface area contributed by atoms with Crippen LogP contribution >= 0.6 is 11.6 Å². The van der Waals surface area contributed by atoms with Crippen molar-refractivity contribution in [2.45, 2.75) is 25.0 Å². The Balaban J connectivity index is 1.44. The molecule has 11 heteroatoms. The largest absolute Gasteiger partial charge is 0.395 e. The first-order valence-electron chi connectivity index (χ1n) is 11.0. The highest BCUT2D eigenvalue weighted by atomic mass is 35.5. The zero-order valence-corrected chi connectivity index (χ0v) is 19.3. The van der Waals surface area contributed by atoms with Crippen molar-refractivity contribution in [3.8, 4) is 17.3 Å². The molecule has 2 aliphatic heterocycles. The molecule has 2 aromatic heterocycles. The number of aromatic nitrogens is 4. The number of halogens is 1. The topological polar surface area (TPSA) is 130 Å². The van der Waals surface area contributed by atoms with E-state index in [0.29, 0.717) is 61.1 Å². The number of nitrogens with zero attached hydrogens (tertiary/aromatic N) is 5. The predicted octanol–water partition coefficient (Wildman–Crippen LogP) is 2.70. The summed E-state index contributed by atoms with van der Waals surface area (Å²) in [6, 6.07) is 9.50. The fourth-order valence-electron chi connectivity index (χ4n) is 4.22. The van der Waals surface area contributed by atoms with Gasteiger partial charge in [-0.05, 0) is 23.8 Å². The minimum Gasteiger partial charge on any atom is -0.395 e. The summed E-state index contributed by atoms with van der Waals surface area (Å²) < 4.78 is 12.9. The Morgan fingerprint density at radius 3 is 3.03 bits per heavy atom. The summed E-state index contributed by atoms with van der Waals surface area (Å²) in [6.45, 7) is 4.60. The summed E-state index contributed by atoms with van der Waals surface area (Å²) in [6.07, 6.45) is 1.52.